The fraction of sp³-hybridized carbons (Fsp3) is 0.533. The monoisotopic (exact) mass is 279 g/mol. The molecular weight excluding hydrogens is 258 g/mol. The van der Waals surface area contributed by atoms with E-state index in [1.807, 2.05) is 16.4 Å². The van der Waals surface area contributed by atoms with E-state index in [-0.39, 0.29) is 12.5 Å². The van der Waals surface area contributed by atoms with E-state index >= 15 is 0 Å². The third-order valence-corrected chi connectivity index (χ3v) is 4.62. The zero-order valence-electron chi connectivity index (χ0n) is 11.3. The van der Waals surface area contributed by atoms with Gasteiger partial charge in [-0.25, -0.2) is 0 Å². The van der Waals surface area contributed by atoms with Crippen molar-refractivity contribution in [3.05, 3.63) is 28.0 Å². The normalized spacial score (nSPS) is 19.5. The number of hydrogen-bond donors (Lipinski definition) is 1. The molecule has 0 bridgehead atoms. The van der Waals surface area contributed by atoms with Crippen LogP contribution in [0.1, 0.15) is 36.1 Å². The van der Waals surface area contributed by atoms with Crippen LogP contribution >= 0.6 is 11.3 Å². The molecule has 1 aliphatic heterocycles. The van der Waals surface area contributed by atoms with Crippen LogP contribution in [0.3, 0.4) is 0 Å². The number of rotatable bonds is 5. The second kappa shape index (κ2) is 6.87. The highest BCUT2D eigenvalue weighted by Crippen LogP contribution is 2.22. The summed E-state index contributed by atoms with van der Waals surface area (Å²) >= 11 is 1.66. The van der Waals surface area contributed by atoms with Gasteiger partial charge >= 0.3 is 0 Å². The maximum atomic E-state index is 12.2. The van der Waals surface area contributed by atoms with Crippen molar-refractivity contribution in [3.8, 4) is 0 Å². The minimum absolute atomic E-state index is 0.105. The summed E-state index contributed by atoms with van der Waals surface area (Å²) in [6.45, 7) is 3.12. The average Bonchev–Trinajstić information content (AvgIpc) is 3.02. The second-order valence-electron chi connectivity index (χ2n) is 4.99. The van der Waals surface area contributed by atoms with Gasteiger partial charge in [0.2, 0.25) is 5.91 Å². The SMILES string of the molecule is Cc1ccsc1C=CC(=O)N1CCCC1CCCO. The lowest BCUT2D eigenvalue weighted by atomic mass is 10.1. The van der Waals surface area contributed by atoms with Gasteiger partial charge in [-0.05, 0) is 55.7 Å². The predicted octanol–water partition coefficient (Wildman–Crippen LogP) is 2.83. The van der Waals surface area contributed by atoms with Gasteiger partial charge in [0.15, 0.2) is 0 Å². The summed E-state index contributed by atoms with van der Waals surface area (Å²) in [5.74, 6) is 0.105. The van der Waals surface area contributed by atoms with Crippen molar-refractivity contribution in [2.45, 2.75) is 38.6 Å². The summed E-state index contributed by atoms with van der Waals surface area (Å²) in [5.41, 5.74) is 1.22. The van der Waals surface area contributed by atoms with E-state index < -0.39 is 0 Å². The molecule has 3 nitrogen and oxygen atoms in total. The van der Waals surface area contributed by atoms with Gasteiger partial charge < -0.3 is 10.0 Å². The van der Waals surface area contributed by atoms with Crippen LogP contribution in [0.5, 0.6) is 0 Å². The fourth-order valence-corrected chi connectivity index (χ4v) is 3.37. The molecule has 4 heteroatoms. The van der Waals surface area contributed by atoms with Gasteiger partial charge in [0, 0.05) is 30.1 Å². The largest absolute Gasteiger partial charge is 0.396 e. The fourth-order valence-electron chi connectivity index (χ4n) is 2.55. The molecule has 1 saturated heterocycles. The molecule has 1 fully saturated rings. The Bertz CT molecular complexity index is 453. The number of aliphatic hydroxyl groups is 1. The zero-order valence-corrected chi connectivity index (χ0v) is 12.2. The highest BCUT2D eigenvalue weighted by molar-refractivity contribution is 7.11. The van der Waals surface area contributed by atoms with E-state index in [0.29, 0.717) is 6.04 Å². The van der Waals surface area contributed by atoms with Crippen molar-refractivity contribution >= 4 is 23.3 Å². The maximum absolute atomic E-state index is 12.2. The van der Waals surface area contributed by atoms with Gasteiger partial charge in [0.1, 0.15) is 0 Å². The smallest absolute Gasteiger partial charge is 0.246 e. The lowest BCUT2D eigenvalue weighted by Crippen LogP contribution is -2.34. The number of thiophene rings is 1. The summed E-state index contributed by atoms with van der Waals surface area (Å²) in [5, 5.41) is 10.9. The molecule has 0 radical (unpaired) electrons. The molecule has 1 atom stereocenters. The quantitative estimate of drug-likeness (QED) is 0.842. The number of nitrogens with zero attached hydrogens (tertiary/aromatic N) is 1. The summed E-state index contributed by atoms with van der Waals surface area (Å²) in [6, 6.07) is 2.38. The molecular formula is C15H21NO2S. The lowest BCUT2D eigenvalue weighted by Gasteiger charge is -2.23. The Labute approximate surface area is 118 Å². The molecule has 1 aliphatic rings. The molecule has 0 spiro atoms. The average molecular weight is 279 g/mol. The van der Waals surface area contributed by atoms with Crippen LogP contribution in [0.25, 0.3) is 6.08 Å². The second-order valence-corrected chi connectivity index (χ2v) is 5.94. The lowest BCUT2D eigenvalue weighted by molar-refractivity contribution is -0.126. The first kappa shape index (κ1) is 14.3. The molecule has 0 aromatic carbocycles. The number of amides is 1. The highest BCUT2D eigenvalue weighted by Gasteiger charge is 2.26. The van der Waals surface area contributed by atoms with Crippen molar-refractivity contribution < 1.29 is 9.90 Å². The van der Waals surface area contributed by atoms with Crippen LogP contribution in [-0.4, -0.2) is 35.1 Å². The molecule has 1 aromatic rings. The molecule has 2 heterocycles. The van der Waals surface area contributed by atoms with Gasteiger partial charge in [0.05, 0.1) is 0 Å². The number of carbonyl (C=O) groups excluding carboxylic acids is 1. The van der Waals surface area contributed by atoms with Gasteiger partial charge in [0.25, 0.3) is 0 Å². The minimum Gasteiger partial charge on any atom is -0.396 e. The first-order chi connectivity index (χ1) is 9.22. The molecule has 0 saturated carbocycles. The van der Waals surface area contributed by atoms with E-state index in [1.165, 1.54) is 5.56 Å². The van der Waals surface area contributed by atoms with Gasteiger partial charge in [-0.2, -0.15) is 0 Å². The number of aryl methyl sites for hydroxylation is 1. The first-order valence-corrected chi connectivity index (χ1v) is 7.74. The molecule has 1 N–H and O–H groups in total. The topological polar surface area (TPSA) is 40.5 Å². The summed E-state index contributed by atoms with van der Waals surface area (Å²) in [6.07, 6.45) is 7.45. The van der Waals surface area contributed by atoms with Crippen LogP contribution in [0.2, 0.25) is 0 Å². The summed E-state index contributed by atoms with van der Waals surface area (Å²) in [7, 11) is 0. The van der Waals surface area contributed by atoms with Crippen molar-refractivity contribution in [2.75, 3.05) is 13.2 Å². The molecule has 104 valence electrons. The molecule has 2 rings (SSSR count). The number of hydrogen-bond acceptors (Lipinski definition) is 3. The Morgan fingerprint density at radius 2 is 2.47 bits per heavy atom. The van der Waals surface area contributed by atoms with Crippen molar-refractivity contribution in [3.63, 3.8) is 0 Å². The van der Waals surface area contributed by atoms with E-state index in [9.17, 15) is 4.79 Å². The molecule has 0 aliphatic carbocycles. The molecule has 1 amide bonds. The number of carbonyl (C=O) groups is 1. The van der Waals surface area contributed by atoms with E-state index in [0.717, 1.165) is 37.1 Å². The molecule has 19 heavy (non-hydrogen) atoms. The first-order valence-electron chi connectivity index (χ1n) is 6.86. The van der Waals surface area contributed by atoms with Crippen LogP contribution in [0.15, 0.2) is 17.5 Å². The Morgan fingerprint density at radius 3 is 3.16 bits per heavy atom. The standard InChI is InChI=1S/C15H21NO2S/c1-12-8-11-19-14(12)6-7-15(18)16-9-2-4-13(16)5-3-10-17/h6-8,11,13,17H,2-5,9-10H2,1H3. The third kappa shape index (κ3) is 3.67. The van der Waals surface area contributed by atoms with Gasteiger partial charge in [-0.1, -0.05) is 0 Å². The predicted molar refractivity (Wildman–Crippen MR) is 79.1 cm³/mol. The van der Waals surface area contributed by atoms with Gasteiger partial charge in [-0.3, -0.25) is 4.79 Å². The Hall–Kier alpha value is -1.13. The third-order valence-electron chi connectivity index (χ3n) is 3.63. The van der Waals surface area contributed by atoms with E-state index in [1.54, 1.807) is 17.4 Å². The van der Waals surface area contributed by atoms with Crippen molar-refractivity contribution in [1.82, 2.24) is 4.90 Å². The Balaban J connectivity index is 1.95. The van der Waals surface area contributed by atoms with Crippen LogP contribution < -0.4 is 0 Å². The van der Waals surface area contributed by atoms with Crippen LogP contribution in [0, 0.1) is 6.92 Å². The Kier molecular flexibility index (Phi) is 5.16. The van der Waals surface area contributed by atoms with E-state index in [4.69, 9.17) is 5.11 Å². The van der Waals surface area contributed by atoms with Crippen molar-refractivity contribution in [2.24, 2.45) is 0 Å². The van der Waals surface area contributed by atoms with Gasteiger partial charge in [-0.15, -0.1) is 11.3 Å². The molecule has 1 aromatic heterocycles. The van der Waals surface area contributed by atoms with Crippen LogP contribution in [0.4, 0.5) is 0 Å². The van der Waals surface area contributed by atoms with E-state index in [2.05, 4.69) is 13.0 Å². The summed E-state index contributed by atoms with van der Waals surface area (Å²) < 4.78 is 0. The van der Waals surface area contributed by atoms with Crippen LogP contribution in [-0.2, 0) is 4.79 Å². The molecule has 1 unspecified atom stereocenters. The zero-order chi connectivity index (χ0) is 13.7. The number of likely N-dealkylation sites (tertiary alicyclic amines) is 1. The Morgan fingerprint density at radius 1 is 1.63 bits per heavy atom. The van der Waals surface area contributed by atoms with Crippen molar-refractivity contribution in [1.29, 1.82) is 0 Å². The summed E-state index contributed by atoms with van der Waals surface area (Å²) in [4.78, 5) is 15.3. The highest BCUT2D eigenvalue weighted by atomic mass is 32.1. The maximum Gasteiger partial charge on any atom is 0.246 e. The minimum atomic E-state index is 0.105. The number of aliphatic hydroxyl groups excluding tert-OH is 1.